The molecule has 114 valence electrons. The summed E-state index contributed by atoms with van der Waals surface area (Å²) in [5.74, 6) is -0.0788. The van der Waals surface area contributed by atoms with Gasteiger partial charge in [-0.05, 0) is 24.6 Å². The first-order valence-corrected chi connectivity index (χ1v) is 6.94. The van der Waals surface area contributed by atoms with E-state index in [0.29, 0.717) is 13.2 Å². The summed E-state index contributed by atoms with van der Waals surface area (Å²) in [7, 11) is 0. The Morgan fingerprint density at radius 1 is 1.32 bits per heavy atom. The zero-order valence-electron chi connectivity index (χ0n) is 12.1. The number of hydrogen-bond acceptors (Lipinski definition) is 5. The molecule has 3 rings (SSSR count). The van der Waals surface area contributed by atoms with Gasteiger partial charge in [0.2, 0.25) is 5.76 Å². The second-order valence-electron chi connectivity index (χ2n) is 4.83. The van der Waals surface area contributed by atoms with Crippen LogP contribution in [0.1, 0.15) is 18.5 Å². The Labute approximate surface area is 127 Å². The standard InChI is InChI=1S/C15H16N4O3/c1-11(18-15(20)14-8-21-6-7-22-14)12-2-4-13(5-3-12)19-10-16-9-17-19/h2-5,8-11H,6-7H2,1H3,(H,18,20). The SMILES string of the molecule is CC(NC(=O)C1=COCCO1)c1ccc(-n2cncn2)cc1. The first-order valence-electron chi connectivity index (χ1n) is 6.94. The fourth-order valence-corrected chi connectivity index (χ4v) is 2.10. The van der Waals surface area contributed by atoms with Crippen molar-refractivity contribution in [2.24, 2.45) is 0 Å². The third-order valence-electron chi connectivity index (χ3n) is 3.30. The van der Waals surface area contributed by atoms with Crippen LogP contribution in [0.15, 0.2) is 48.9 Å². The van der Waals surface area contributed by atoms with Gasteiger partial charge in [-0.15, -0.1) is 0 Å². The van der Waals surface area contributed by atoms with Crippen molar-refractivity contribution in [2.75, 3.05) is 13.2 Å². The van der Waals surface area contributed by atoms with Gasteiger partial charge in [0, 0.05) is 0 Å². The van der Waals surface area contributed by atoms with E-state index in [4.69, 9.17) is 9.47 Å². The molecule has 0 bridgehead atoms. The van der Waals surface area contributed by atoms with Crippen LogP contribution in [-0.2, 0) is 14.3 Å². The summed E-state index contributed by atoms with van der Waals surface area (Å²) in [6.07, 6.45) is 4.46. The van der Waals surface area contributed by atoms with Crippen LogP contribution in [0.4, 0.5) is 0 Å². The van der Waals surface area contributed by atoms with E-state index >= 15 is 0 Å². The molecule has 0 saturated carbocycles. The van der Waals surface area contributed by atoms with Gasteiger partial charge in [0.25, 0.3) is 5.91 Å². The molecule has 1 aliphatic heterocycles. The maximum Gasteiger partial charge on any atom is 0.290 e. The topological polar surface area (TPSA) is 78.3 Å². The fraction of sp³-hybridized carbons (Fsp3) is 0.267. The molecule has 1 amide bonds. The van der Waals surface area contributed by atoms with Crippen molar-refractivity contribution < 1.29 is 14.3 Å². The minimum absolute atomic E-state index is 0.149. The number of ether oxygens (including phenoxy) is 2. The summed E-state index contributed by atoms with van der Waals surface area (Å²) < 4.78 is 12.0. The molecule has 1 unspecified atom stereocenters. The van der Waals surface area contributed by atoms with E-state index < -0.39 is 0 Å². The van der Waals surface area contributed by atoms with Crippen molar-refractivity contribution in [3.8, 4) is 5.69 Å². The zero-order chi connectivity index (χ0) is 15.4. The van der Waals surface area contributed by atoms with Gasteiger partial charge in [0.05, 0.1) is 11.7 Å². The summed E-state index contributed by atoms with van der Waals surface area (Å²) in [5, 5.41) is 6.94. The number of nitrogens with zero attached hydrogens (tertiary/aromatic N) is 3. The first-order chi connectivity index (χ1) is 10.7. The monoisotopic (exact) mass is 300 g/mol. The fourth-order valence-electron chi connectivity index (χ4n) is 2.10. The second-order valence-corrected chi connectivity index (χ2v) is 4.83. The lowest BCUT2D eigenvalue weighted by Crippen LogP contribution is -2.30. The predicted molar refractivity (Wildman–Crippen MR) is 77.9 cm³/mol. The Balaban J connectivity index is 1.66. The van der Waals surface area contributed by atoms with E-state index in [2.05, 4.69) is 15.4 Å². The third kappa shape index (κ3) is 3.08. The smallest absolute Gasteiger partial charge is 0.290 e. The molecule has 0 aliphatic carbocycles. The van der Waals surface area contributed by atoms with Crippen LogP contribution in [0.2, 0.25) is 0 Å². The van der Waals surface area contributed by atoms with Gasteiger partial charge < -0.3 is 14.8 Å². The largest absolute Gasteiger partial charge is 0.494 e. The van der Waals surface area contributed by atoms with Crippen molar-refractivity contribution in [2.45, 2.75) is 13.0 Å². The first kappa shape index (κ1) is 14.1. The molecule has 0 spiro atoms. The molecule has 1 aromatic heterocycles. The maximum atomic E-state index is 12.0. The molecule has 0 radical (unpaired) electrons. The molecule has 1 aromatic carbocycles. The lowest BCUT2D eigenvalue weighted by molar-refractivity contribution is -0.122. The average molecular weight is 300 g/mol. The van der Waals surface area contributed by atoms with Crippen molar-refractivity contribution in [1.29, 1.82) is 0 Å². The van der Waals surface area contributed by atoms with Crippen molar-refractivity contribution in [3.63, 3.8) is 0 Å². The number of carbonyl (C=O) groups excluding carboxylic acids is 1. The number of aromatic nitrogens is 3. The normalized spacial score (nSPS) is 15.2. The molecular weight excluding hydrogens is 284 g/mol. The van der Waals surface area contributed by atoms with Gasteiger partial charge in [-0.1, -0.05) is 12.1 Å². The minimum Gasteiger partial charge on any atom is -0.494 e. The van der Waals surface area contributed by atoms with E-state index in [1.807, 2.05) is 31.2 Å². The summed E-state index contributed by atoms with van der Waals surface area (Å²) in [4.78, 5) is 15.9. The van der Waals surface area contributed by atoms with Crippen LogP contribution in [0.25, 0.3) is 5.69 Å². The molecule has 2 heterocycles. The highest BCUT2D eigenvalue weighted by molar-refractivity contribution is 5.91. The number of amides is 1. The van der Waals surface area contributed by atoms with Gasteiger partial charge in [-0.3, -0.25) is 4.79 Å². The predicted octanol–water partition coefficient (Wildman–Crippen LogP) is 1.33. The maximum absolute atomic E-state index is 12.0. The van der Waals surface area contributed by atoms with E-state index in [9.17, 15) is 4.79 Å². The Kier molecular flexibility index (Phi) is 4.04. The summed E-state index contributed by atoms with van der Waals surface area (Å²) in [5.41, 5.74) is 1.89. The number of nitrogens with one attached hydrogen (secondary N) is 1. The highest BCUT2D eigenvalue weighted by Crippen LogP contribution is 2.16. The number of hydrogen-bond donors (Lipinski definition) is 1. The minimum atomic E-state index is -0.285. The lowest BCUT2D eigenvalue weighted by Gasteiger charge is -2.18. The highest BCUT2D eigenvalue weighted by Gasteiger charge is 2.17. The quantitative estimate of drug-likeness (QED) is 0.921. The van der Waals surface area contributed by atoms with Crippen LogP contribution in [0.5, 0.6) is 0 Å². The molecule has 1 N–H and O–H groups in total. The Hall–Kier alpha value is -2.83. The molecule has 0 saturated heterocycles. The van der Waals surface area contributed by atoms with E-state index in [1.54, 1.807) is 11.0 Å². The van der Waals surface area contributed by atoms with E-state index in [0.717, 1.165) is 11.3 Å². The molecular formula is C15H16N4O3. The average Bonchev–Trinajstić information content (AvgIpc) is 3.10. The zero-order valence-corrected chi connectivity index (χ0v) is 12.1. The van der Waals surface area contributed by atoms with E-state index in [1.165, 1.54) is 12.6 Å². The van der Waals surface area contributed by atoms with Crippen LogP contribution in [0, 0.1) is 0 Å². The Bertz CT molecular complexity index is 665. The van der Waals surface area contributed by atoms with Gasteiger partial charge in [0.15, 0.2) is 0 Å². The van der Waals surface area contributed by atoms with E-state index in [-0.39, 0.29) is 17.7 Å². The van der Waals surface area contributed by atoms with Crippen LogP contribution >= 0.6 is 0 Å². The van der Waals surface area contributed by atoms with Crippen LogP contribution in [-0.4, -0.2) is 33.9 Å². The molecule has 2 aromatic rings. The van der Waals surface area contributed by atoms with Gasteiger partial charge in [-0.25, -0.2) is 9.67 Å². The summed E-state index contributed by atoms with van der Waals surface area (Å²) >= 11 is 0. The Morgan fingerprint density at radius 2 is 2.14 bits per heavy atom. The second kappa shape index (κ2) is 6.30. The molecule has 1 aliphatic rings. The molecule has 7 heteroatoms. The third-order valence-corrected chi connectivity index (χ3v) is 3.30. The molecule has 7 nitrogen and oxygen atoms in total. The summed E-state index contributed by atoms with van der Waals surface area (Å²) in [6.45, 7) is 2.77. The van der Waals surface area contributed by atoms with Crippen molar-refractivity contribution in [3.05, 3.63) is 54.5 Å². The molecule has 22 heavy (non-hydrogen) atoms. The van der Waals surface area contributed by atoms with Crippen LogP contribution < -0.4 is 5.32 Å². The number of benzene rings is 1. The Morgan fingerprint density at radius 3 is 2.77 bits per heavy atom. The van der Waals surface area contributed by atoms with Crippen molar-refractivity contribution >= 4 is 5.91 Å². The lowest BCUT2D eigenvalue weighted by atomic mass is 10.1. The molecule has 0 fully saturated rings. The number of rotatable bonds is 4. The number of carbonyl (C=O) groups is 1. The summed E-state index contributed by atoms with van der Waals surface area (Å²) in [6, 6.07) is 7.57. The van der Waals surface area contributed by atoms with Gasteiger partial charge in [0.1, 0.15) is 32.1 Å². The van der Waals surface area contributed by atoms with Crippen molar-refractivity contribution in [1.82, 2.24) is 20.1 Å². The van der Waals surface area contributed by atoms with Crippen LogP contribution in [0.3, 0.4) is 0 Å². The van der Waals surface area contributed by atoms with Gasteiger partial charge in [-0.2, -0.15) is 5.10 Å². The highest BCUT2D eigenvalue weighted by atomic mass is 16.6. The van der Waals surface area contributed by atoms with Gasteiger partial charge >= 0.3 is 0 Å². The molecule has 1 atom stereocenters.